The second-order valence-corrected chi connectivity index (χ2v) is 6.00. The van der Waals surface area contributed by atoms with Gasteiger partial charge in [0, 0.05) is 38.0 Å². The number of amides is 2. The molecule has 0 radical (unpaired) electrons. The molecule has 0 aromatic heterocycles. The van der Waals surface area contributed by atoms with Crippen LogP contribution in [0, 0.1) is 0 Å². The molecule has 2 amide bonds. The smallest absolute Gasteiger partial charge is 0.222 e. The molecule has 116 valence electrons. The predicted molar refractivity (Wildman–Crippen MR) is 81.4 cm³/mol. The van der Waals surface area contributed by atoms with E-state index < -0.39 is 0 Å². The lowest BCUT2D eigenvalue weighted by atomic mass is 10.1. The number of unbranched alkanes of at least 4 members (excludes halogenated alkanes) is 2. The number of rotatable bonds is 6. The lowest BCUT2D eigenvalue weighted by Crippen LogP contribution is -2.59. The first-order chi connectivity index (χ1) is 9.51. The van der Waals surface area contributed by atoms with E-state index in [1.165, 1.54) is 0 Å². The fourth-order valence-electron chi connectivity index (χ4n) is 2.76. The second kappa shape index (κ2) is 8.28. The molecule has 1 rings (SSSR count). The summed E-state index contributed by atoms with van der Waals surface area (Å²) in [4.78, 5) is 28.3. The maximum atomic E-state index is 12.2. The molecule has 0 aromatic carbocycles. The van der Waals surface area contributed by atoms with Crippen molar-refractivity contribution in [3.63, 3.8) is 0 Å². The average molecular weight is 282 g/mol. The largest absolute Gasteiger partial charge is 0.336 e. The fraction of sp³-hybridized carbons (Fsp3) is 0.875. The Morgan fingerprint density at radius 1 is 0.850 bits per heavy atom. The van der Waals surface area contributed by atoms with E-state index in [1.54, 1.807) is 0 Å². The summed E-state index contributed by atoms with van der Waals surface area (Å²) in [6.45, 7) is 9.67. The van der Waals surface area contributed by atoms with E-state index in [9.17, 15) is 9.59 Å². The maximum absolute atomic E-state index is 12.2. The number of carbonyl (C=O) groups is 2. The Bertz CT molecular complexity index is 298. The highest BCUT2D eigenvalue weighted by atomic mass is 16.2. The molecule has 0 aliphatic carbocycles. The Hall–Kier alpha value is -1.06. The number of carbonyl (C=O) groups excluding carboxylic acids is 2. The minimum atomic E-state index is 0.140. The minimum Gasteiger partial charge on any atom is -0.336 e. The van der Waals surface area contributed by atoms with Crippen molar-refractivity contribution in [2.24, 2.45) is 0 Å². The van der Waals surface area contributed by atoms with Crippen LogP contribution in [0.3, 0.4) is 0 Å². The molecule has 0 unspecified atom stereocenters. The minimum absolute atomic E-state index is 0.140. The van der Waals surface area contributed by atoms with Crippen LogP contribution in [0.15, 0.2) is 0 Å². The van der Waals surface area contributed by atoms with Crippen molar-refractivity contribution >= 4 is 11.8 Å². The highest BCUT2D eigenvalue weighted by Crippen LogP contribution is 2.18. The molecule has 0 saturated carbocycles. The van der Waals surface area contributed by atoms with Gasteiger partial charge in [0.25, 0.3) is 0 Å². The third-order valence-corrected chi connectivity index (χ3v) is 4.12. The normalized spacial score (nSPS) is 23.0. The van der Waals surface area contributed by atoms with Gasteiger partial charge in [-0.25, -0.2) is 0 Å². The zero-order valence-corrected chi connectivity index (χ0v) is 13.5. The van der Waals surface area contributed by atoms with E-state index in [0.29, 0.717) is 25.9 Å². The van der Waals surface area contributed by atoms with E-state index >= 15 is 0 Å². The van der Waals surface area contributed by atoms with Gasteiger partial charge in [-0.2, -0.15) is 0 Å². The van der Waals surface area contributed by atoms with Crippen LogP contribution in [0.4, 0.5) is 0 Å². The van der Waals surface area contributed by atoms with E-state index in [4.69, 9.17) is 0 Å². The van der Waals surface area contributed by atoms with Crippen LogP contribution < -0.4 is 0 Å². The second-order valence-electron chi connectivity index (χ2n) is 6.00. The highest BCUT2D eigenvalue weighted by molar-refractivity contribution is 5.79. The SMILES string of the molecule is CCCCC(=O)N1C[C@H](C)N(C(=O)CCCC)C[C@@H]1C. The molecular weight excluding hydrogens is 252 g/mol. The van der Waals surface area contributed by atoms with Gasteiger partial charge in [0.1, 0.15) is 0 Å². The molecule has 4 nitrogen and oxygen atoms in total. The Balaban J connectivity index is 2.57. The van der Waals surface area contributed by atoms with Gasteiger partial charge in [-0.3, -0.25) is 9.59 Å². The van der Waals surface area contributed by atoms with Crippen molar-refractivity contribution in [1.29, 1.82) is 0 Å². The van der Waals surface area contributed by atoms with Gasteiger partial charge in [-0.05, 0) is 26.7 Å². The molecule has 2 atom stereocenters. The third kappa shape index (κ3) is 4.50. The molecule has 0 N–H and O–H groups in total. The van der Waals surface area contributed by atoms with Gasteiger partial charge in [0.2, 0.25) is 11.8 Å². The lowest BCUT2D eigenvalue weighted by Gasteiger charge is -2.44. The number of nitrogens with zero attached hydrogens (tertiary/aromatic N) is 2. The Kier molecular flexibility index (Phi) is 7.03. The van der Waals surface area contributed by atoms with E-state index in [1.807, 2.05) is 9.80 Å². The van der Waals surface area contributed by atoms with Crippen LogP contribution in [0.2, 0.25) is 0 Å². The van der Waals surface area contributed by atoms with E-state index in [-0.39, 0.29) is 23.9 Å². The first-order valence-corrected chi connectivity index (χ1v) is 8.10. The number of piperazine rings is 1. The van der Waals surface area contributed by atoms with Crippen LogP contribution in [-0.4, -0.2) is 46.8 Å². The lowest BCUT2D eigenvalue weighted by molar-refractivity contribution is -0.145. The van der Waals surface area contributed by atoms with Crippen molar-refractivity contribution in [2.45, 2.75) is 78.3 Å². The van der Waals surface area contributed by atoms with Gasteiger partial charge < -0.3 is 9.80 Å². The first kappa shape index (κ1) is 17.0. The average Bonchev–Trinajstić information content (AvgIpc) is 2.44. The number of hydrogen-bond acceptors (Lipinski definition) is 2. The number of hydrogen-bond donors (Lipinski definition) is 0. The molecule has 20 heavy (non-hydrogen) atoms. The molecular formula is C16H30N2O2. The molecule has 1 aliphatic heterocycles. The van der Waals surface area contributed by atoms with Crippen LogP contribution in [0.25, 0.3) is 0 Å². The van der Waals surface area contributed by atoms with Gasteiger partial charge in [0.15, 0.2) is 0 Å². The topological polar surface area (TPSA) is 40.6 Å². The third-order valence-electron chi connectivity index (χ3n) is 4.12. The van der Waals surface area contributed by atoms with Crippen LogP contribution in [-0.2, 0) is 9.59 Å². The monoisotopic (exact) mass is 282 g/mol. The Morgan fingerprint density at radius 3 is 1.50 bits per heavy atom. The summed E-state index contributed by atoms with van der Waals surface area (Å²) in [7, 11) is 0. The molecule has 1 aliphatic rings. The van der Waals surface area contributed by atoms with E-state index in [0.717, 1.165) is 25.7 Å². The summed E-state index contributed by atoms with van der Waals surface area (Å²) in [6, 6.07) is 0.280. The quantitative estimate of drug-likeness (QED) is 0.751. The van der Waals surface area contributed by atoms with Crippen molar-refractivity contribution in [3.8, 4) is 0 Å². The molecule has 1 fully saturated rings. The van der Waals surface area contributed by atoms with Crippen LogP contribution >= 0.6 is 0 Å². The molecule has 1 saturated heterocycles. The first-order valence-electron chi connectivity index (χ1n) is 8.10. The summed E-state index contributed by atoms with van der Waals surface area (Å²) >= 11 is 0. The fourth-order valence-corrected chi connectivity index (χ4v) is 2.76. The van der Waals surface area contributed by atoms with Crippen LogP contribution in [0.5, 0.6) is 0 Å². The Morgan fingerprint density at radius 2 is 1.20 bits per heavy atom. The summed E-state index contributed by atoms with van der Waals surface area (Å²) < 4.78 is 0. The van der Waals surface area contributed by atoms with Crippen LogP contribution in [0.1, 0.15) is 66.2 Å². The van der Waals surface area contributed by atoms with Crippen molar-refractivity contribution in [1.82, 2.24) is 9.80 Å². The van der Waals surface area contributed by atoms with Gasteiger partial charge in [0.05, 0.1) is 0 Å². The van der Waals surface area contributed by atoms with Crippen molar-refractivity contribution in [2.75, 3.05) is 13.1 Å². The summed E-state index contributed by atoms with van der Waals surface area (Å²) in [6.07, 6.45) is 5.27. The van der Waals surface area contributed by atoms with Crippen molar-refractivity contribution in [3.05, 3.63) is 0 Å². The summed E-state index contributed by atoms with van der Waals surface area (Å²) in [5.74, 6) is 0.485. The van der Waals surface area contributed by atoms with E-state index in [2.05, 4.69) is 27.7 Å². The Labute approximate surface area is 123 Å². The zero-order valence-electron chi connectivity index (χ0n) is 13.5. The maximum Gasteiger partial charge on any atom is 0.222 e. The molecule has 4 heteroatoms. The van der Waals surface area contributed by atoms with Gasteiger partial charge in [-0.15, -0.1) is 0 Å². The summed E-state index contributed by atoms with van der Waals surface area (Å²) in [5, 5.41) is 0. The molecule has 0 spiro atoms. The van der Waals surface area contributed by atoms with Crippen molar-refractivity contribution < 1.29 is 9.59 Å². The highest BCUT2D eigenvalue weighted by Gasteiger charge is 2.33. The summed E-state index contributed by atoms with van der Waals surface area (Å²) in [5.41, 5.74) is 0. The van der Waals surface area contributed by atoms with Gasteiger partial charge in [-0.1, -0.05) is 26.7 Å². The molecule has 0 aromatic rings. The predicted octanol–water partition coefficient (Wildman–Crippen LogP) is 2.81. The van der Waals surface area contributed by atoms with Gasteiger partial charge >= 0.3 is 0 Å². The standard InChI is InChI=1S/C16H30N2O2/c1-5-7-9-15(19)17-11-14(4)18(12-13(17)3)16(20)10-8-6-2/h13-14H,5-12H2,1-4H3/t13-,14-/m0/s1. The molecule has 0 bridgehead atoms. The zero-order chi connectivity index (χ0) is 15.1. The molecule has 1 heterocycles.